The normalized spacial score (nSPS) is 18.8. The number of likely N-dealkylation sites (tertiary alicyclic amines) is 1. The lowest BCUT2D eigenvalue weighted by atomic mass is 9.81. The summed E-state index contributed by atoms with van der Waals surface area (Å²) in [6, 6.07) is 17.7. The van der Waals surface area contributed by atoms with Crippen molar-refractivity contribution in [1.29, 1.82) is 0 Å². The second kappa shape index (κ2) is 9.31. The van der Waals surface area contributed by atoms with Gasteiger partial charge in [0.15, 0.2) is 0 Å². The molecular formula is C24H26FN3O3. The summed E-state index contributed by atoms with van der Waals surface area (Å²) in [4.78, 5) is 15.0. The first-order chi connectivity index (χ1) is 15.1. The van der Waals surface area contributed by atoms with E-state index in [0.717, 1.165) is 24.2 Å². The van der Waals surface area contributed by atoms with Crippen LogP contribution in [0.2, 0.25) is 0 Å². The highest BCUT2D eigenvalue weighted by Gasteiger charge is 2.45. The number of carbonyl (C=O) groups excluding carboxylic acids is 1. The summed E-state index contributed by atoms with van der Waals surface area (Å²) in [7, 11) is 1.67. The smallest absolute Gasteiger partial charge is 0.227 e. The zero-order valence-electron chi connectivity index (χ0n) is 17.5. The van der Waals surface area contributed by atoms with Crippen molar-refractivity contribution in [2.24, 2.45) is 5.41 Å². The van der Waals surface area contributed by atoms with E-state index in [-0.39, 0.29) is 11.7 Å². The first-order valence-electron chi connectivity index (χ1n) is 10.4. The van der Waals surface area contributed by atoms with Crippen molar-refractivity contribution < 1.29 is 18.4 Å². The predicted octanol–water partition coefficient (Wildman–Crippen LogP) is 3.54. The van der Waals surface area contributed by atoms with Crippen LogP contribution in [0, 0.1) is 11.2 Å². The first-order valence-corrected chi connectivity index (χ1v) is 10.4. The lowest BCUT2D eigenvalue weighted by Gasteiger charge is -2.26. The van der Waals surface area contributed by atoms with Gasteiger partial charge < -0.3 is 14.6 Å². The van der Waals surface area contributed by atoms with E-state index in [9.17, 15) is 9.18 Å². The van der Waals surface area contributed by atoms with Crippen LogP contribution in [-0.4, -0.2) is 49.3 Å². The third-order valence-corrected chi connectivity index (χ3v) is 5.77. The Kier molecular flexibility index (Phi) is 6.32. The maximum absolute atomic E-state index is 13.0. The van der Waals surface area contributed by atoms with Gasteiger partial charge in [-0.25, -0.2) is 4.39 Å². The summed E-state index contributed by atoms with van der Waals surface area (Å²) >= 11 is 0. The number of aromatic nitrogens is 1. The molecule has 1 aliphatic rings. The third kappa shape index (κ3) is 4.94. The average Bonchev–Trinajstić information content (AvgIpc) is 3.43. The van der Waals surface area contributed by atoms with Crippen molar-refractivity contribution >= 4 is 5.91 Å². The molecule has 4 rings (SSSR count). The minimum absolute atomic E-state index is 0.00659. The molecule has 1 amide bonds. The molecule has 1 N–H and O–H groups in total. The number of ether oxygens (including phenoxy) is 1. The van der Waals surface area contributed by atoms with Gasteiger partial charge in [0.05, 0.1) is 5.41 Å². The zero-order valence-corrected chi connectivity index (χ0v) is 17.5. The minimum atomic E-state index is -0.571. The van der Waals surface area contributed by atoms with Gasteiger partial charge in [-0.3, -0.25) is 9.69 Å². The van der Waals surface area contributed by atoms with Gasteiger partial charge in [0.25, 0.3) is 0 Å². The molecule has 1 atom stereocenters. The van der Waals surface area contributed by atoms with Crippen LogP contribution in [0.15, 0.2) is 65.2 Å². The quantitative estimate of drug-likeness (QED) is 0.600. The molecule has 31 heavy (non-hydrogen) atoms. The number of rotatable bonds is 8. The van der Waals surface area contributed by atoms with Gasteiger partial charge >= 0.3 is 0 Å². The number of carbonyl (C=O) groups is 1. The number of amides is 1. The van der Waals surface area contributed by atoms with Gasteiger partial charge in [0, 0.05) is 38.2 Å². The van der Waals surface area contributed by atoms with E-state index >= 15 is 0 Å². The van der Waals surface area contributed by atoms with Gasteiger partial charge in [0.2, 0.25) is 5.91 Å². The molecule has 0 spiro atoms. The van der Waals surface area contributed by atoms with Crippen LogP contribution in [0.3, 0.4) is 0 Å². The van der Waals surface area contributed by atoms with Crippen LogP contribution in [0.25, 0.3) is 11.3 Å². The highest BCUT2D eigenvalue weighted by molar-refractivity contribution is 5.83. The van der Waals surface area contributed by atoms with Crippen molar-refractivity contribution in [1.82, 2.24) is 15.4 Å². The molecule has 1 fully saturated rings. The van der Waals surface area contributed by atoms with Crippen molar-refractivity contribution in [3.63, 3.8) is 0 Å². The molecule has 1 aromatic heterocycles. The lowest BCUT2D eigenvalue weighted by Crippen LogP contribution is -2.43. The molecular weight excluding hydrogens is 397 g/mol. The topological polar surface area (TPSA) is 67.6 Å². The van der Waals surface area contributed by atoms with Gasteiger partial charge in [-0.2, -0.15) is 0 Å². The number of halogens is 1. The van der Waals surface area contributed by atoms with E-state index in [1.807, 2.05) is 36.4 Å². The maximum Gasteiger partial charge on any atom is 0.227 e. The molecule has 3 aromatic rings. The van der Waals surface area contributed by atoms with Crippen molar-refractivity contribution in [3.8, 4) is 17.0 Å². The van der Waals surface area contributed by atoms with Crippen molar-refractivity contribution in [3.05, 3.63) is 72.2 Å². The van der Waals surface area contributed by atoms with Crippen LogP contribution in [-0.2, 0) is 11.2 Å². The Hall–Kier alpha value is -3.19. The van der Waals surface area contributed by atoms with Gasteiger partial charge in [-0.15, -0.1) is 0 Å². The van der Waals surface area contributed by atoms with Crippen LogP contribution in [0.5, 0.6) is 5.75 Å². The minimum Gasteiger partial charge on any atom is -0.492 e. The second-order valence-electron chi connectivity index (χ2n) is 7.91. The van der Waals surface area contributed by atoms with E-state index in [1.54, 1.807) is 19.2 Å². The monoisotopic (exact) mass is 423 g/mol. The molecule has 1 aliphatic heterocycles. The molecule has 0 saturated carbocycles. The van der Waals surface area contributed by atoms with Crippen molar-refractivity contribution in [2.75, 3.05) is 33.3 Å². The fourth-order valence-corrected chi connectivity index (χ4v) is 4.12. The van der Waals surface area contributed by atoms with Gasteiger partial charge in [-0.1, -0.05) is 35.5 Å². The molecule has 0 bridgehead atoms. The highest BCUT2D eigenvalue weighted by atomic mass is 19.1. The molecule has 6 nitrogen and oxygen atoms in total. The SMILES string of the molecule is CNC(=O)[C@]1(Cc2cc(-c3ccccc3)no2)CCN(CCOc2ccc(F)cc2)C1. The summed E-state index contributed by atoms with van der Waals surface area (Å²) in [5, 5.41) is 7.01. The Balaban J connectivity index is 1.39. The molecule has 2 heterocycles. The Morgan fingerprint density at radius 1 is 1.23 bits per heavy atom. The van der Waals surface area contributed by atoms with E-state index in [0.29, 0.717) is 37.6 Å². The molecule has 7 heteroatoms. The van der Waals surface area contributed by atoms with E-state index in [4.69, 9.17) is 9.26 Å². The number of nitrogens with zero attached hydrogens (tertiary/aromatic N) is 2. The molecule has 1 saturated heterocycles. The Labute approximate surface area is 181 Å². The highest BCUT2D eigenvalue weighted by Crippen LogP contribution is 2.35. The third-order valence-electron chi connectivity index (χ3n) is 5.77. The van der Waals surface area contributed by atoms with Crippen LogP contribution >= 0.6 is 0 Å². The second-order valence-corrected chi connectivity index (χ2v) is 7.91. The number of nitrogens with one attached hydrogen (secondary N) is 1. The van der Waals surface area contributed by atoms with Gasteiger partial charge in [0.1, 0.15) is 29.6 Å². The molecule has 0 aliphatic carbocycles. The molecule has 2 aromatic carbocycles. The largest absolute Gasteiger partial charge is 0.492 e. The standard InChI is InChI=1S/C24H26FN3O3/c1-26-23(29)24(16-21-15-22(27-31-21)18-5-3-2-4-6-18)11-12-28(17-24)13-14-30-20-9-7-19(25)8-10-20/h2-10,15H,11-14,16-17H2,1H3,(H,26,29)/t24-/m0/s1. The Morgan fingerprint density at radius 3 is 2.74 bits per heavy atom. The Morgan fingerprint density at radius 2 is 2.00 bits per heavy atom. The fourth-order valence-electron chi connectivity index (χ4n) is 4.12. The van der Waals surface area contributed by atoms with Crippen LogP contribution < -0.4 is 10.1 Å². The number of benzene rings is 2. The summed E-state index contributed by atoms with van der Waals surface area (Å²) in [6.07, 6.45) is 1.21. The molecule has 162 valence electrons. The first kappa shape index (κ1) is 21.1. The number of hydrogen-bond acceptors (Lipinski definition) is 5. The molecule has 0 radical (unpaired) electrons. The fraction of sp³-hybridized carbons (Fsp3) is 0.333. The Bertz CT molecular complexity index is 1010. The van der Waals surface area contributed by atoms with Crippen molar-refractivity contribution in [2.45, 2.75) is 12.8 Å². The van der Waals surface area contributed by atoms with E-state index in [2.05, 4.69) is 15.4 Å². The summed E-state index contributed by atoms with van der Waals surface area (Å²) < 4.78 is 24.3. The number of hydrogen-bond donors (Lipinski definition) is 1. The molecule has 0 unspecified atom stereocenters. The lowest BCUT2D eigenvalue weighted by molar-refractivity contribution is -0.130. The van der Waals surface area contributed by atoms with Crippen LogP contribution in [0.4, 0.5) is 4.39 Å². The summed E-state index contributed by atoms with van der Waals surface area (Å²) in [6.45, 7) is 2.55. The average molecular weight is 423 g/mol. The zero-order chi connectivity index (χ0) is 21.7. The summed E-state index contributed by atoms with van der Waals surface area (Å²) in [5.41, 5.74) is 1.18. The maximum atomic E-state index is 13.0. The summed E-state index contributed by atoms with van der Waals surface area (Å²) in [5.74, 6) is 1.05. The van der Waals surface area contributed by atoms with Gasteiger partial charge in [-0.05, 0) is 37.2 Å². The van der Waals surface area contributed by atoms with E-state index < -0.39 is 5.41 Å². The van der Waals surface area contributed by atoms with Crippen LogP contribution in [0.1, 0.15) is 12.2 Å². The predicted molar refractivity (Wildman–Crippen MR) is 115 cm³/mol. The van der Waals surface area contributed by atoms with E-state index in [1.165, 1.54) is 12.1 Å².